The van der Waals surface area contributed by atoms with Crippen molar-refractivity contribution in [2.45, 2.75) is 100 Å². The summed E-state index contributed by atoms with van der Waals surface area (Å²) in [7, 11) is 3.15. The van der Waals surface area contributed by atoms with Gasteiger partial charge in [0.2, 0.25) is 23.5 Å². The lowest BCUT2D eigenvalue weighted by molar-refractivity contribution is -0.144. The first kappa shape index (κ1) is 42.3. The normalized spacial score (nSPS) is 22.3. The molecule has 2 aromatic carbocycles. The first-order valence-corrected chi connectivity index (χ1v) is 20.5. The number of likely N-dealkylation sites (tertiary alicyclic amines) is 1. The number of carbonyl (C=O) groups is 7. The average molecular weight is 824 g/mol. The molecule has 2 aromatic rings. The number of piperidine rings is 1. The lowest BCUT2D eigenvalue weighted by Crippen LogP contribution is -2.57. The fourth-order valence-corrected chi connectivity index (χ4v) is 9.26. The Morgan fingerprint density at radius 3 is 2.09 bits per heavy atom. The number of fused-ring (bicyclic) bond motifs is 2. The SMILES string of the molecule is CN(C)C(=O)[C@@H](NC(=O)CCC(=O)C(=O)C(CC(=O)[C@@H]1[C@@H]2[C@H](CN1C(=O)[C@@H](NC(=O)OC(C)(C)C)C1Cc3ccccc3C1)C2(Cl)Cl)CC1CC1)c1ccccc1. The minimum absolute atomic E-state index is 0.0919. The molecule has 1 saturated heterocycles. The quantitative estimate of drug-likeness (QED) is 0.174. The van der Waals surface area contributed by atoms with Gasteiger partial charge in [-0.3, -0.25) is 28.8 Å². The molecule has 1 aliphatic heterocycles. The van der Waals surface area contributed by atoms with Crippen molar-refractivity contribution in [3.8, 4) is 0 Å². The smallest absolute Gasteiger partial charge is 0.408 e. The number of halogens is 2. The maximum atomic E-state index is 14.6. The number of rotatable bonds is 16. The molecule has 57 heavy (non-hydrogen) atoms. The van der Waals surface area contributed by atoms with E-state index in [1.807, 2.05) is 24.3 Å². The lowest BCUT2D eigenvalue weighted by Gasteiger charge is -2.35. The third kappa shape index (κ3) is 9.88. The summed E-state index contributed by atoms with van der Waals surface area (Å²) in [4.78, 5) is 98.1. The molecule has 2 N–H and O–H groups in total. The average Bonchev–Trinajstić information content (AvgIpc) is 3.91. The largest absolute Gasteiger partial charge is 0.444 e. The number of alkyl carbamates (subject to hydrolysis) is 1. The highest BCUT2D eigenvalue weighted by Crippen LogP contribution is 2.65. The monoisotopic (exact) mass is 822 g/mol. The van der Waals surface area contributed by atoms with Crippen LogP contribution in [0.25, 0.3) is 0 Å². The number of benzene rings is 2. The van der Waals surface area contributed by atoms with Gasteiger partial charge in [0.15, 0.2) is 11.6 Å². The zero-order valence-corrected chi connectivity index (χ0v) is 34.6. The summed E-state index contributed by atoms with van der Waals surface area (Å²) in [6.07, 6.45) is 1.33. The molecule has 2 saturated carbocycles. The molecule has 6 rings (SSSR count). The summed E-state index contributed by atoms with van der Waals surface area (Å²) in [5.74, 6) is -5.40. The number of hydrogen-bond donors (Lipinski definition) is 2. The minimum atomic E-state index is -1.25. The molecular formula is C43H52Cl2N4O8. The predicted octanol–water partition coefficient (Wildman–Crippen LogP) is 5.17. The second-order valence-electron chi connectivity index (χ2n) is 17.3. The number of ketones is 3. The summed E-state index contributed by atoms with van der Waals surface area (Å²) in [5.41, 5.74) is 1.90. The molecule has 4 amide bonds. The third-order valence-corrected chi connectivity index (χ3v) is 12.6. The van der Waals surface area contributed by atoms with Crippen LogP contribution in [0.1, 0.15) is 82.0 Å². The molecule has 6 atom stereocenters. The summed E-state index contributed by atoms with van der Waals surface area (Å²) in [6.45, 7) is 5.28. The highest BCUT2D eigenvalue weighted by molar-refractivity contribution is 6.51. The molecule has 306 valence electrons. The topological polar surface area (TPSA) is 159 Å². The Morgan fingerprint density at radius 1 is 0.895 bits per heavy atom. The number of likely N-dealkylation sites (N-methyl/N-ethyl adjacent to an activating group) is 1. The van der Waals surface area contributed by atoms with Gasteiger partial charge in [0.25, 0.3) is 0 Å². The Kier molecular flexibility index (Phi) is 12.5. The van der Waals surface area contributed by atoms with Crippen molar-refractivity contribution in [2.75, 3.05) is 20.6 Å². The van der Waals surface area contributed by atoms with Crippen molar-refractivity contribution >= 4 is 64.4 Å². The molecule has 14 heteroatoms. The molecule has 0 spiro atoms. The molecule has 1 heterocycles. The van der Waals surface area contributed by atoms with Gasteiger partial charge in [-0.05, 0) is 68.6 Å². The van der Waals surface area contributed by atoms with Crippen LogP contribution >= 0.6 is 23.2 Å². The van der Waals surface area contributed by atoms with E-state index in [2.05, 4.69) is 10.6 Å². The fraction of sp³-hybridized carbons (Fsp3) is 0.558. The van der Waals surface area contributed by atoms with Crippen LogP contribution in [0, 0.1) is 29.6 Å². The van der Waals surface area contributed by atoms with Crippen molar-refractivity contribution < 1.29 is 38.3 Å². The van der Waals surface area contributed by atoms with E-state index in [0.29, 0.717) is 24.8 Å². The minimum Gasteiger partial charge on any atom is -0.444 e. The van der Waals surface area contributed by atoms with Crippen molar-refractivity contribution in [1.82, 2.24) is 20.4 Å². The third-order valence-electron chi connectivity index (χ3n) is 11.6. The number of hydrogen-bond acceptors (Lipinski definition) is 8. The molecule has 12 nitrogen and oxygen atoms in total. The predicted molar refractivity (Wildman–Crippen MR) is 213 cm³/mol. The molecule has 0 aromatic heterocycles. The Bertz CT molecular complexity index is 1880. The van der Waals surface area contributed by atoms with Crippen LogP contribution < -0.4 is 10.6 Å². The van der Waals surface area contributed by atoms with Gasteiger partial charge in [0, 0.05) is 57.7 Å². The van der Waals surface area contributed by atoms with Crippen LogP contribution in [-0.2, 0) is 46.3 Å². The molecular weight excluding hydrogens is 771 g/mol. The number of nitrogens with one attached hydrogen (secondary N) is 2. The maximum absolute atomic E-state index is 14.6. The number of nitrogens with zero attached hydrogens (tertiary/aromatic N) is 2. The van der Waals surface area contributed by atoms with Crippen LogP contribution in [0.15, 0.2) is 54.6 Å². The molecule has 0 bridgehead atoms. The molecule has 3 aliphatic carbocycles. The van der Waals surface area contributed by atoms with Gasteiger partial charge in [-0.1, -0.05) is 67.4 Å². The number of amides is 4. The standard InChI is InChI=1S/C43H52Cl2N4O8/c1-42(2,3)57-41(56)47-36(28-20-26-13-9-10-14-27(26)21-28)40(55)49-23-30-34(43(30,44)45)37(49)32(51)22-29(19-24-15-16-24)38(53)31(50)17-18-33(52)46-35(39(54)48(4)5)25-11-7-6-8-12-25/h6-14,24,28-30,34-37H,15-23H2,1-5H3,(H,46,52)(H,47,56)/t29?,30-,34-,35-,36-,37+/m0/s1. The number of carbonyl (C=O) groups excluding carboxylic acids is 7. The summed E-state index contributed by atoms with van der Waals surface area (Å²) in [6, 6.07) is 13.5. The van der Waals surface area contributed by atoms with Crippen LogP contribution in [0.3, 0.4) is 0 Å². The second kappa shape index (κ2) is 16.9. The maximum Gasteiger partial charge on any atom is 0.408 e. The van der Waals surface area contributed by atoms with E-state index >= 15 is 0 Å². The highest BCUT2D eigenvalue weighted by atomic mass is 35.5. The Labute approximate surface area is 343 Å². The van der Waals surface area contributed by atoms with Gasteiger partial charge in [-0.2, -0.15) is 0 Å². The fourth-order valence-electron chi connectivity index (χ4n) is 8.43. The molecule has 1 unspecified atom stereocenters. The first-order chi connectivity index (χ1) is 26.9. The zero-order valence-electron chi connectivity index (χ0n) is 33.1. The van der Waals surface area contributed by atoms with Crippen LogP contribution in [-0.4, -0.2) is 93.6 Å². The van der Waals surface area contributed by atoms with Crippen molar-refractivity contribution in [1.29, 1.82) is 0 Å². The van der Waals surface area contributed by atoms with Gasteiger partial charge >= 0.3 is 6.09 Å². The highest BCUT2D eigenvalue weighted by Gasteiger charge is 2.73. The molecule has 4 aliphatic rings. The van der Waals surface area contributed by atoms with E-state index in [0.717, 1.165) is 24.0 Å². The van der Waals surface area contributed by atoms with E-state index in [1.165, 1.54) is 9.80 Å². The van der Waals surface area contributed by atoms with Gasteiger partial charge in [0.05, 0.1) is 6.04 Å². The van der Waals surface area contributed by atoms with Crippen LogP contribution in [0.2, 0.25) is 0 Å². The summed E-state index contributed by atoms with van der Waals surface area (Å²) in [5, 5.41) is 5.51. The van der Waals surface area contributed by atoms with E-state index in [1.54, 1.807) is 65.2 Å². The van der Waals surface area contributed by atoms with E-state index < -0.39 is 87.5 Å². The Hall–Kier alpha value is -4.29. The van der Waals surface area contributed by atoms with E-state index in [-0.39, 0.29) is 37.1 Å². The van der Waals surface area contributed by atoms with E-state index in [4.69, 9.17) is 27.9 Å². The van der Waals surface area contributed by atoms with Crippen LogP contribution in [0.5, 0.6) is 0 Å². The summed E-state index contributed by atoms with van der Waals surface area (Å²) >= 11 is 13.3. The second-order valence-corrected chi connectivity index (χ2v) is 18.7. The summed E-state index contributed by atoms with van der Waals surface area (Å²) < 4.78 is 4.30. The van der Waals surface area contributed by atoms with Crippen molar-refractivity contribution in [3.63, 3.8) is 0 Å². The van der Waals surface area contributed by atoms with Crippen molar-refractivity contribution in [3.05, 3.63) is 71.3 Å². The number of alkyl halides is 2. The van der Waals surface area contributed by atoms with Gasteiger partial charge in [-0.25, -0.2) is 4.79 Å². The zero-order chi connectivity index (χ0) is 41.4. The molecule has 0 radical (unpaired) electrons. The van der Waals surface area contributed by atoms with E-state index in [9.17, 15) is 33.6 Å². The Balaban J connectivity index is 1.15. The van der Waals surface area contributed by atoms with Gasteiger partial charge < -0.3 is 25.2 Å². The number of Topliss-reactive ketones (excluding diaryl/α,β-unsaturated/α-hetero) is 3. The van der Waals surface area contributed by atoms with Gasteiger partial charge in [0.1, 0.15) is 22.0 Å². The lowest BCUT2D eigenvalue weighted by atomic mass is 9.86. The van der Waals surface area contributed by atoms with Crippen molar-refractivity contribution in [2.24, 2.45) is 29.6 Å². The Morgan fingerprint density at radius 2 is 1.51 bits per heavy atom. The molecule has 3 fully saturated rings. The van der Waals surface area contributed by atoms with Gasteiger partial charge in [-0.15, -0.1) is 23.2 Å². The number of ether oxygens (including phenoxy) is 1. The first-order valence-electron chi connectivity index (χ1n) is 19.8. The van der Waals surface area contributed by atoms with Crippen LogP contribution in [0.4, 0.5) is 4.79 Å².